The molecule has 1 heterocycles. The number of alkyl halides is 1. The number of benzene rings is 2. The molecule has 1 N–H and O–H groups in total. The van der Waals surface area contributed by atoms with Crippen LogP contribution < -0.4 is 10.3 Å². The highest BCUT2D eigenvalue weighted by Gasteiger charge is 2.13. The molecule has 0 bridgehead atoms. The Labute approximate surface area is 145 Å². The van der Waals surface area contributed by atoms with Crippen LogP contribution in [0.4, 0.5) is 4.39 Å². The zero-order valence-electron chi connectivity index (χ0n) is 12.5. The van der Waals surface area contributed by atoms with Crippen molar-refractivity contribution in [3.05, 3.63) is 75.8 Å². The van der Waals surface area contributed by atoms with Crippen molar-refractivity contribution in [2.45, 2.75) is 6.61 Å². The van der Waals surface area contributed by atoms with Gasteiger partial charge in [0.15, 0.2) is 5.78 Å². The molecule has 122 valence electrons. The molecule has 0 amide bonds. The molecule has 0 aliphatic rings. The highest BCUT2D eigenvalue weighted by molar-refractivity contribution is 9.09. The predicted octanol–water partition coefficient (Wildman–Crippen LogP) is 3.82. The first kappa shape index (κ1) is 16.4. The standard InChI is InChI=1S/C18H13BrFNO3/c19-9-15(22)13-4-6-16(18-14(13)5-7-17(23)21-18)24-10-11-2-1-3-12(20)8-11/h1-8H,9-10H2,(H,21,23). The molecule has 0 unspecified atom stereocenters. The van der Waals surface area contributed by atoms with Crippen LogP contribution in [-0.4, -0.2) is 16.1 Å². The molecule has 0 atom stereocenters. The number of rotatable bonds is 5. The molecule has 0 saturated heterocycles. The third kappa shape index (κ3) is 3.38. The summed E-state index contributed by atoms with van der Waals surface area (Å²) in [5.41, 5.74) is 1.32. The van der Waals surface area contributed by atoms with Gasteiger partial charge in [0.05, 0.1) is 10.8 Å². The van der Waals surface area contributed by atoms with E-state index in [1.807, 2.05) is 0 Å². The largest absolute Gasteiger partial charge is 0.487 e. The number of aromatic amines is 1. The lowest BCUT2D eigenvalue weighted by molar-refractivity contribution is 0.102. The third-order valence-corrected chi connectivity index (χ3v) is 4.07. The molecule has 3 rings (SSSR count). The predicted molar refractivity (Wildman–Crippen MR) is 93.4 cm³/mol. The van der Waals surface area contributed by atoms with E-state index >= 15 is 0 Å². The quantitative estimate of drug-likeness (QED) is 0.532. The summed E-state index contributed by atoms with van der Waals surface area (Å²) in [5.74, 6) is -0.00514. The number of nitrogens with one attached hydrogen (secondary N) is 1. The van der Waals surface area contributed by atoms with Crippen LogP contribution in [0.3, 0.4) is 0 Å². The Morgan fingerprint density at radius 3 is 2.75 bits per heavy atom. The van der Waals surface area contributed by atoms with Crippen molar-refractivity contribution in [1.82, 2.24) is 4.98 Å². The lowest BCUT2D eigenvalue weighted by atomic mass is 10.0. The molecule has 0 radical (unpaired) electrons. The molecule has 0 saturated carbocycles. The van der Waals surface area contributed by atoms with Gasteiger partial charge in [-0.3, -0.25) is 9.59 Å². The average Bonchev–Trinajstić information content (AvgIpc) is 2.59. The SMILES string of the molecule is O=C(CBr)c1ccc(OCc2cccc(F)c2)c2[nH]c(=O)ccc12. The minimum Gasteiger partial charge on any atom is -0.487 e. The van der Waals surface area contributed by atoms with Gasteiger partial charge in [-0.1, -0.05) is 28.1 Å². The first-order valence-corrected chi connectivity index (χ1v) is 8.33. The van der Waals surface area contributed by atoms with Gasteiger partial charge in [-0.15, -0.1) is 0 Å². The van der Waals surface area contributed by atoms with Crippen LogP contribution in [-0.2, 0) is 6.61 Å². The van der Waals surface area contributed by atoms with Crippen LogP contribution in [0.2, 0.25) is 0 Å². The molecule has 0 spiro atoms. The topological polar surface area (TPSA) is 59.2 Å². The number of H-pyrrole nitrogens is 1. The van der Waals surface area contributed by atoms with E-state index in [0.717, 1.165) is 0 Å². The zero-order valence-corrected chi connectivity index (χ0v) is 14.1. The van der Waals surface area contributed by atoms with E-state index in [9.17, 15) is 14.0 Å². The van der Waals surface area contributed by atoms with Crippen molar-refractivity contribution < 1.29 is 13.9 Å². The summed E-state index contributed by atoms with van der Waals surface area (Å²) >= 11 is 3.15. The number of hydrogen-bond donors (Lipinski definition) is 1. The summed E-state index contributed by atoms with van der Waals surface area (Å²) in [7, 11) is 0. The molecule has 4 nitrogen and oxygen atoms in total. The van der Waals surface area contributed by atoms with Crippen molar-refractivity contribution in [2.75, 3.05) is 5.33 Å². The van der Waals surface area contributed by atoms with E-state index in [4.69, 9.17) is 4.74 Å². The van der Waals surface area contributed by atoms with Crippen LogP contribution in [0.1, 0.15) is 15.9 Å². The van der Waals surface area contributed by atoms with Gasteiger partial charge in [0.2, 0.25) is 5.56 Å². The molecule has 3 aromatic rings. The number of fused-ring (bicyclic) bond motifs is 1. The molecule has 0 fully saturated rings. The van der Waals surface area contributed by atoms with Gasteiger partial charge in [0, 0.05) is 17.0 Å². The average molecular weight is 390 g/mol. The smallest absolute Gasteiger partial charge is 0.248 e. The summed E-state index contributed by atoms with van der Waals surface area (Å²) < 4.78 is 19.0. The Bertz CT molecular complexity index is 968. The van der Waals surface area contributed by atoms with Gasteiger partial charge in [0.1, 0.15) is 18.2 Å². The number of pyridine rings is 1. The minimum absolute atomic E-state index is 0.0938. The molecular formula is C18H13BrFNO3. The fourth-order valence-electron chi connectivity index (χ4n) is 2.45. The lowest BCUT2D eigenvalue weighted by Gasteiger charge is -2.11. The van der Waals surface area contributed by atoms with Gasteiger partial charge in [-0.25, -0.2) is 4.39 Å². The molecule has 0 aliphatic carbocycles. The van der Waals surface area contributed by atoms with Crippen molar-refractivity contribution in [2.24, 2.45) is 0 Å². The molecule has 0 aliphatic heterocycles. The molecule has 6 heteroatoms. The third-order valence-electron chi connectivity index (χ3n) is 3.56. The van der Waals surface area contributed by atoms with Gasteiger partial charge < -0.3 is 9.72 Å². The Morgan fingerprint density at radius 1 is 1.17 bits per heavy atom. The summed E-state index contributed by atoms with van der Waals surface area (Å²) in [5, 5.41) is 0.792. The van der Waals surface area contributed by atoms with Gasteiger partial charge in [-0.2, -0.15) is 0 Å². The number of hydrogen-bond acceptors (Lipinski definition) is 3. The fourth-order valence-corrected chi connectivity index (χ4v) is 2.75. The number of ketones is 1. The maximum atomic E-state index is 13.2. The molecule has 1 aromatic heterocycles. The Balaban J connectivity index is 2.00. The van der Waals surface area contributed by atoms with Gasteiger partial charge >= 0.3 is 0 Å². The second-order valence-corrected chi connectivity index (χ2v) is 5.76. The zero-order chi connectivity index (χ0) is 17.1. The number of carbonyl (C=O) groups is 1. The van der Waals surface area contributed by atoms with Crippen molar-refractivity contribution in [1.29, 1.82) is 0 Å². The van der Waals surface area contributed by atoms with E-state index < -0.39 is 0 Å². The summed E-state index contributed by atoms with van der Waals surface area (Å²) in [6.07, 6.45) is 0. The van der Waals surface area contributed by atoms with Crippen LogP contribution >= 0.6 is 15.9 Å². The first-order valence-electron chi connectivity index (χ1n) is 7.21. The normalized spacial score (nSPS) is 10.8. The van der Waals surface area contributed by atoms with E-state index in [0.29, 0.717) is 27.8 Å². The highest BCUT2D eigenvalue weighted by Crippen LogP contribution is 2.27. The van der Waals surface area contributed by atoms with E-state index in [1.54, 1.807) is 30.3 Å². The van der Waals surface area contributed by atoms with E-state index in [1.165, 1.54) is 18.2 Å². The summed E-state index contributed by atoms with van der Waals surface area (Å²) in [4.78, 5) is 26.4. The van der Waals surface area contributed by atoms with Crippen molar-refractivity contribution >= 4 is 32.6 Å². The number of Topliss-reactive ketones (excluding diaryl/α,β-unsaturated/α-hetero) is 1. The maximum absolute atomic E-state index is 13.2. The second kappa shape index (κ2) is 6.97. The van der Waals surface area contributed by atoms with Crippen molar-refractivity contribution in [3.63, 3.8) is 0 Å². The van der Waals surface area contributed by atoms with Crippen LogP contribution in [0.15, 0.2) is 53.3 Å². The molecule has 2 aromatic carbocycles. The van der Waals surface area contributed by atoms with E-state index in [-0.39, 0.29) is 29.1 Å². The monoisotopic (exact) mass is 389 g/mol. The molecule has 24 heavy (non-hydrogen) atoms. The Kier molecular flexibility index (Phi) is 4.76. The number of carbonyl (C=O) groups excluding carboxylic acids is 1. The number of aromatic nitrogens is 1. The molecular weight excluding hydrogens is 377 g/mol. The fraction of sp³-hybridized carbons (Fsp3) is 0.111. The van der Waals surface area contributed by atoms with Crippen LogP contribution in [0.25, 0.3) is 10.9 Å². The lowest BCUT2D eigenvalue weighted by Crippen LogP contribution is -2.08. The summed E-state index contributed by atoms with van der Waals surface area (Å²) in [6.45, 7) is 0.148. The van der Waals surface area contributed by atoms with Gasteiger partial charge in [-0.05, 0) is 35.9 Å². The Morgan fingerprint density at radius 2 is 2.00 bits per heavy atom. The van der Waals surface area contributed by atoms with Crippen LogP contribution in [0.5, 0.6) is 5.75 Å². The maximum Gasteiger partial charge on any atom is 0.248 e. The Hall–Kier alpha value is -2.47. The van der Waals surface area contributed by atoms with Crippen molar-refractivity contribution in [3.8, 4) is 5.75 Å². The van der Waals surface area contributed by atoms with E-state index in [2.05, 4.69) is 20.9 Å². The number of halogens is 2. The first-order chi connectivity index (χ1) is 11.6. The second-order valence-electron chi connectivity index (χ2n) is 5.20. The number of ether oxygens (including phenoxy) is 1. The summed E-state index contributed by atoms with van der Waals surface area (Å²) in [6, 6.07) is 12.3. The van der Waals surface area contributed by atoms with Crippen LogP contribution in [0, 0.1) is 5.82 Å². The highest BCUT2D eigenvalue weighted by atomic mass is 79.9. The minimum atomic E-state index is -0.340. The van der Waals surface area contributed by atoms with Gasteiger partial charge in [0.25, 0.3) is 0 Å².